The maximum Gasteiger partial charge on any atom is 0.243 e. The summed E-state index contributed by atoms with van der Waals surface area (Å²) in [7, 11) is -3.43. The fourth-order valence-corrected chi connectivity index (χ4v) is 4.74. The molecule has 1 fully saturated rings. The first-order valence-corrected chi connectivity index (χ1v) is 8.37. The Labute approximate surface area is 121 Å². The van der Waals surface area contributed by atoms with Gasteiger partial charge in [-0.3, -0.25) is 0 Å². The van der Waals surface area contributed by atoms with E-state index >= 15 is 0 Å². The van der Waals surface area contributed by atoms with Gasteiger partial charge >= 0.3 is 0 Å². The smallest absolute Gasteiger partial charge is 0.243 e. The number of nitrogens with zero attached hydrogens (tertiary/aromatic N) is 1. The summed E-state index contributed by atoms with van der Waals surface area (Å²) in [6.45, 7) is 11.7. The van der Waals surface area contributed by atoms with E-state index in [0.717, 1.165) is 22.3 Å². The third-order valence-electron chi connectivity index (χ3n) is 4.50. The van der Waals surface area contributed by atoms with Gasteiger partial charge < -0.3 is 4.74 Å². The summed E-state index contributed by atoms with van der Waals surface area (Å²) in [4.78, 5) is 0.486. The lowest BCUT2D eigenvalue weighted by atomic mass is 9.95. The second-order valence-electron chi connectivity index (χ2n) is 5.47. The first kappa shape index (κ1) is 15.5. The topological polar surface area (TPSA) is 46.6 Å². The molecule has 5 heteroatoms. The average Bonchev–Trinajstić information content (AvgIpc) is 2.44. The number of benzene rings is 1. The minimum Gasteiger partial charge on any atom is -0.379 e. The maximum absolute atomic E-state index is 12.9. The molecule has 1 heterocycles. The molecule has 1 aromatic rings. The van der Waals surface area contributed by atoms with Gasteiger partial charge in [-0.05, 0) is 62.4 Å². The van der Waals surface area contributed by atoms with E-state index in [2.05, 4.69) is 6.92 Å². The Hall–Kier alpha value is -0.910. The average molecular weight is 297 g/mol. The highest BCUT2D eigenvalue weighted by molar-refractivity contribution is 7.89. The molecule has 112 valence electrons. The second-order valence-corrected chi connectivity index (χ2v) is 7.35. The van der Waals surface area contributed by atoms with Crippen molar-refractivity contribution < 1.29 is 13.2 Å². The molecular formula is C15H23NO3S. The lowest BCUT2D eigenvalue weighted by Crippen LogP contribution is -2.41. The third kappa shape index (κ3) is 2.38. The van der Waals surface area contributed by atoms with Crippen molar-refractivity contribution in [3.05, 3.63) is 27.8 Å². The Morgan fingerprint density at radius 1 is 0.800 bits per heavy atom. The van der Waals surface area contributed by atoms with Gasteiger partial charge in [0.15, 0.2) is 0 Å². The van der Waals surface area contributed by atoms with Gasteiger partial charge in [0.05, 0.1) is 18.1 Å². The fourth-order valence-electron chi connectivity index (χ4n) is 2.77. The van der Waals surface area contributed by atoms with E-state index < -0.39 is 10.0 Å². The van der Waals surface area contributed by atoms with Crippen LogP contribution in [-0.4, -0.2) is 39.0 Å². The van der Waals surface area contributed by atoms with Crippen LogP contribution in [0.3, 0.4) is 0 Å². The predicted octanol–water partition coefficient (Wildman–Crippen LogP) is 2.25. The SMILES string of the molecule is Cc1c(C)c(C)c(S(=O)(=O)N2CCOCC2)c(C)c1C. The van der Waals surface area contributed by atoms with Gasteiger partial charge in [0.1, 0.15) is 0 Å². The Morgan fingerprint density at radius 2 is 1.20 bits per heavy atom. The van der Waals surface area contributed by atoms with Crippen LogP contribution in [0.25, 0.3) is 0 Å². The summed E-state index contributed by atoms with van der Waals surface area (Å²) in [5, 5.41) is 0. The van der Waals surface area contributed by atoms with E-state index in [1.54, 1.807) is 4.31 Å². The number of ether oxygens (including phenoxy) is 1. The van der Waals surface area contributed by atoms with E-state index in [0.29, 0.717) is 31.2 Å². The standard InChI is InChI=1S/C15H23NO3S/c1-10-11(2)13(4)15(14(5)12(10)3)20(17,18)16-6-8-19-9-7-16/h6-9H2,1-5H3. The molecular weight excluding hydrogens is 274 g/mol. The quantitative estimate of drug-likeness (QED) is 0.841. The number of hydrogen-bond donors (Lipinski definition) is 0. The van der Waals surface area contributed by atoms with Crippen molar-refractivity contribution in [3.63, 3.8) is 0 Å². The zero-order valence-electron chi connectivity index (χ0n) is 12.9. The first-order chi connectivity index (χ1) is 9.28. The Kier molecular flexibility index (Phi) is 4.23. The molecule has 0 saturated carbocycles. The minimum absolute atomic E-state index is 0.438. The van der Waals surface area contributed by atoms with Crippen LogP contribution in [0.15, 0.2) is 4.90 Å². The Balaban J connectivity index is 2.63. The van der Waals surface area contributed by atoms with Crippen molar-refractivity contribution >= 4 is 10.0 Å². The summed E-state index contributed by atoms with van der Waals surface area (Å²) in [5.74, 6) is 0. The summed E-state index contributed by atoms with van der Waals surface area (Å²) in [6.07, 6.45) is 0. The summed E-state index contributed by atoms with van der Waals surface area (Å²) in [5.41, 5.74) is 5.06. The van der Waals surface area contributed by atoms with E-state index in [4.69, 9.17) is 4.74 Å². The molecule has 1 saturated heterocycles. The second kappa shape index (κ2) is 5.47. The highest BCUT2D eigenvalue weighted by Gasteiger charge is 2.30. The molecule has 0 aromatic heterocycles. The van der Waals surface area contributed by atoms with E-state index in [-0.39, 0.29) is 0 Å². The molecule has 0 N–H and O–H groups in total. The lowest BCUT2D eigenvalue weighted by Gasteiger charge is -2.28. The van der Waals surface area contributed by atoms with Crippen LogP contribution in [0.1, 0.15) is 27.8 Å². The lowest BCUT2D eigenvalue weighted by molar-refractivity contribution is 0.0730. The molecule has 0 spiro atoms. The zero-order valence-corrected chi connectivity index (χ0v) is 13.7. The molecule has 0 amide bonds. The van der Waals surface area contributed by atoms with Gasteiger partial charge in [-0.1, -0.05) is 0 Å². The largest absolute Gasteiger partial charge is 0.379 e. The minimum atomic E-state index is -3.43. The van der Waals surface area contributed by atoms with Crippen LogP contribution < -0.4 is 0 Å². The van der Waals surface area contributed by atoms with Gasteiger partial charge in [0.2, 0.25) is 10.0 Å². The van der Waals surface area contributed by atoms with E-state index in [1.165, 1.54) is 5.56 Å². The van der Waals surface area contributed by atoms with Crippen molar-refractivity contribution in [2.45, 2.75) is 39.5 Å². The summed E-state index contributed by atoms with van der Waals surface area (Å²) >= 11 is 0. The molecule has 0 radical (unpaired) electrons. The number of hydrogen-bond acceptors (Lipinski definition) is 3. The number of morpholine rings is 1. The van der Waals surface area contributed by atoms with Gasteiger partial charge in [0.25, 0.3) is 0 Å². The number of sulfonamides is 1. The number of rotatable bonds is 2. The van der Waals surface area contributed by atoms with Crippen LogP contribution in [-0.2, 0) is 14.8 Å². The van der Waals surface area contributed by atoms with Crippen LogP contribution in [0.5, 0.6) is 0 Å². The molecule has 1 aliphatic heterocycles. The van der Waals surface area contributed by atoms with Crippen molar-refractivity contribution in [1.82, 2.24) is 4.31 Å². The molecule has 1 aromatic carbocycles. The molecule has 0 aliphatic carbocycles. The predicted molar refractivity (Wildman–Crippen MR) is 79.7 cm³/mol. The van der Waals surface area contributed by atoms with Gasteiger partial charge in [0, 0.05) is 13.1 Å². The Morgan fingerprint density at radius 3 is 1.65 bits per heavy atom. The summed E-state index contributed by atoms with van der Waals surface area (Å²) in [6, 6.07) is 0. The maximum atomic E-state index is 12.9. The van der Waals surface area contributed by atoms with Crippen LogP contribution in [0.4, 0.5) is 0 Å². The summed E-state index contributed by atoms with van der Waals surface area (Å²) < 4.78 is 32.6. The fraction of sp³-hybridized carbons (Fsp3) is 0.600. The third-order valence-corrected chi connectivity index (χ3v) is 6.67. The molecule has 0 bridgehead atoms. The molecule has 1 aliphatic rings. The molecule has 2 rings (SSSR count). The normalized spacial score (nSPS) is 17.4. The van der Waals surface area contributed by atoms with E-state index in [9.17, 15) is 8.42 Å². The van der Waals surface area contributed by atoms with Gasteiger partial charge in [-0.25, -0.2) is 8.42 Å². The molecule has 0 atom stereocenters. The molecule has 4 nitrogen and oxygen atoms in total. The van der Waals surface area contributed by atoms with Crippen molar-refractivity contribution in [2.24, 2.45) is 0 Å². The monoisotopic (exact) mass is 297 g/mol. The highest BCUT2D eigenvalue weighted by Crippen LogP contribution is 2.31. The molecule has 20 heavy (non-hydrogen) atoms. The highest BCUT2D eigenvalue weighted by atomic mass is 32.2. The van der Waals surface area contributed by atoms with Crippen molar-refractivity contribution in [2.75, 3.05) is 26.3 Å². The molecule has 0 unspecified atom stereocenters. The van der Waals surface area contributed by atoms with Crippen molar-refractivity contribution in [1.29, 1.82) is 0 Å². The van der Waals surface area contributed by atoms with Crippen LogP contribution in [0, 0.1) is 34.6 Å². The zero-order chi connectivity index (χ0) is 15.1. The van der Waals surface area contributed by atoms with Crippen molar-refractivity contribution in [3.8, 4) is 0 Å². The van der Waals surface area contributed by atoms with Gasteiger partial charge in [-0.2, -0.15) is 4.31 Å². The Bertz CT molecular complexity index is 600. The first-order valence-electron chi connectivity index (χ1n) is 6.93. The van der Waals surface area contributed by atoms with E-state index in [1.807, 2.05) is 27.7 Å². The van der Waals surface area contributed by atoms with Gasteiger partial charge in [-0.15, -0.1) is 0 Å². The van der Waals surface area contributed by atoms with Crippen LogP contribution >= 0.6 is 0 Å². The van der Waals surface area contributed by atoms with Crippen LogP contribution in [0.2, 0.25) is 0 Å².